The van der Waals surface area contributed by atoms with Crippen molar-refractivity contribution in [3.05, 3.63) is 17.0 Å². The van der Waals surface area contributed by atoms with Crippen molar-refractivity contribution in [1.82, 2.24) is 0 Å². The van der Waals surface area contributed by atoms with Crippen LogP contribution in [0.25, 0.3) is 0 Å². The van der Waals surface area contributed by atoms with E-state index in [0.717, 1.165) is 24.3 Å². The number of morpholine rings is 1. The summed E-state index contributed by atoms with van der Waals surface area (Å²) in [6.07, 6.45) is 1.42. The Kier molecular flexibility index (Phi) is 3.07. The second-order valence-electron chi connectivity index (χ2n) is 3.96. The van der Waals surface area contributed by atoms with E-state index in [-0.39, 0.29) is 12.2 Å². The molecule has 0 aliphatic carbocycles. The first kappa shape index (κ1) is 10.6. The number of rotatable bonds is 2. The maximum atomic E-state index is 10.6. The Morgan fingerprint density at radius 2 is 2.07 bits per heavy atom. The summed E-state index contributed by atoms with van der Waals surface area (Å²) in [6.45, 7) is 5.97. The van der Waals surface area contributed by atoms with E-state index in [1.807, 2.05) is 12.1 Å². The Morgan fingerprint density at radius 3 is 2.60 bits per heavy atom. The number of anilines is 1. The molecule has 0 radical (unpaired) electrons. The predicted octanol–water partition coefficient (Wildman–Crippen LogP) is 2.17. The average molecular weight is 225 g/mol. The Hall–Kier alpha value is -0.870. The van der Waals surface area contributed by atoms with Crippen molar-refractivity contribution in [2.45, 2.75) is 26.1 Å². The first-order valence-electron chi connectivity index (χ1n) is 5.14. The average Bonchev–Trinajstić information content (AvgIpc) is 2.64. The first-order chi connectivity index (χ1) is 7.19. The number of hydrogen-bond acceptors (Lipinski definition) is 4. The fraction of sp³-hybridized carbons (Fsp3) is 0.545. The third kappa shape index (κ3) is 2.38. The molecule has 82 valence electrons. The summed E-state index contributed by atoms with van der Waals surface area (Å²) in [6, 6.07) is 3.89. The molecule has 2 atom stereocenters. The summed E-state index contributed by atoms with van der Waals surface area (Å²) in [5.41, 5.74) is 0. The number of aldehydes is 1. The Morgan fingerprint density at radius 1 is 1.40 bits per heavy atom. The van der Waals surface area contributed by atoms with Crippen LogP contribution in [-0.2, 0) is 4.74 Å². The van der Waals surface area contributed by atoms with Crippen LogP contribution in [-0.4, -0.2) is 31.6 Å². The standard InChI is InChI=1S/C11H15NO2S/c1-8-5-12(6-9(2)14-8)11-4-3-10(7-13)15-11/h3-4,7-9H,5-6H2,1-2H3/t8-,9+. The third-order valence-corrected chi connectivity index (χ3v) is 3.53. The molecule has 1 saturated heterocycles. The molecule has 3 nitrogen and oxygen atoms in total. The molecule has 2 heterocycles. The molecular formula is C11H15NO2S. The maximum absolute atomic E-state index is 10.6. The van der Waals surface area contributed by atoms with Gasteiger partial charge in [-0.25, -0.2) is 0 Å². The van der Waals surface area contributed by atoms with Gasteiger partial charge in [0.25, 0.3) is 0 Å². The molecule has 0 saturated carbocycles. The zero-order valence-electron chi connectivity index (χ0n) is 8.97. The molecule has 0 spiro atoms. The monoisotopic (exact) mass is 225 g/mol. The molecule has 1 aliphatic heterocycles. The largest absolute Gasteiger partial charge is 0.372 e. The van der Waals surface area contributed by atoms with Crippen LogP contribution in [0.15, 0.2) is 12.1 Å². The van der Waals surface area contributed by atoms with Crippen LogP contribution in [0.5, 0.6) is 0 Å². The minimum atomic E-state index is 0.260. The Bertz CT molecular complexity index is 340. The molecule has 15 heavy (non-hydrogen) atoms. The molecule has 0 bridgehead atoms. The van der Waals surface area contributed by atoms with Gasteiger partial charge in [-0.3, -0.25) is 4.79 Å². The van der Waals surface area contributed by atoms with Crippen LogP contribution in [0.4, 0.5) is 5.00 Å². The first-order valence-corrected chi connectivity index (χ1v) is 5.96. The molecule has 0 N–H and O–H groups in total. The fourth-order valence-corrected chi connectivity index (χ4v) is 2.77. The molecular weight excluding hydrogens is 210 g/mol. The van der Waals surface area contributed by atoms with Gasteiger partial charge in [0.1, 0.15) is 0 Å². The third-order valence-electron chi connectivity index (χ3n) is 2.46. The molecule has 0 aromatic carbocycles. The number of carbonyl (C=O) groups excluding carboxylic acids is 1. The molecule has 2 rings (SSSR count). The van der Waals surface area contributed by atoms with Crippen LogP contribution in [0.2, 0.25) is 0 Å². The second-order valence-corrected chi connectivity index (χ2v) is 5.05. The molecule has 1 aromatic rings. The lowest BCUT2D eigenvalue weighted by atomic mass is 10.2. The highest BCUT2D eigenvalue weighted by Gasteiger charge is 2.23. The summed E-state index contributed by atoms with van der Waals surface area (Å²) in [4.78, 5) is 13.7. The van der Waals surface area contributed by atoms with Crippen molar-refractivity contribution in [3.8, 4) is 0 Å². The normalized spacial score (nSPS) is 26.7. The zero-order valence-corrected chi connectivity index (χ0v) is 9.79. The van der Waals surface area contributed by atoms with Crippen molar-refractivity contribution in [2.24, 2.45) is 0 Å². The van der Waals surface area contributed by atoms with E-state index in [1.54, 1.807) is 11.3 Å². The second kappa shape index (κ2) is 4.33. The smallest absolute Gasteiger partial charge is 0.160 e. The van der Waals surface area contributed by atoms with Gasteiger partial charge in [-0.1, -0.05) is 0 Å². The van der Waals surface area contributed by atoms with E-state index in [0.29, 0.717) is 0 Å². The summed E-state index contributed by atoms with van der Waals surface area (Å²) in [5.74, 6) is 0. The minimum Gasteiger partial charge on any atom is -0.372 e. The SMILES string of the molecule is C[C@@H]1CN(c2ccc(C=O)s2)C[C@H](C)O1. The van der Waals surface area contributed by atoms with Crippen molar-refractivity contribution in [1.29, 1.82) is 0 Å². The van der Waals surface area contributed by atoms with E-state index in [1.165, 1.54) is 5.00 Å². The number of thiophene rings is 1. The molecule has 0 unspecified atom stereocenters. The number of ether oxygens (including phenoxy) is 1. The van der Waals surface area contributed by atoms with Crippen LogP contribution in [0.3, 0.4) is 0 Å². The van der Waals surface area contributed by atoms with Crippen LogP contribution in [0.1, 0.15) is 23.5 Å². The summed E-state index contributed by atoms with van der Waals surface area (Å²) < 4.78 is 5.66. The quantitative estimate of drug-likeness (QED) is 0.722. The summed E-state index contributed by atoms with van der Waals surface area (Å²) in [5, 5.41) is 1.17. The van der Waals surface area contributed by atoms with Gasteiger partial charge in [-0.15, -0.1) is 11.3 Å². The van der Waals surface area contributed by atoms with Gasteiger partial charge in [-0.2, -0.15) is 0 Å². The molecule has 1 fully saturated rings. The van der Waals surface area contributed by atoms with E-state index < -0.39 is 0 Å². The van der Waals surface area contributed by atoms with Crippen molar-refractivity contribution in [2.75, 3.05) is 18.0 Å². The van der Waals surface area contributed by atoms with E-state index >= 15 is 0 Å². The lowest BCUT2D eigenvalue weighted by Gasteiger charge is -2.35. The lowest BCUT2D eigenvalue weighted by molar-refractivity contribution is -0.00500. The van der Waals surface area contributed by atoms with Gasteiger partial charge in [0.15, 0.2) is 6.29 Å². The fourth-order valence-electron chi connectivity index (χ4n) is 1.93. The Balaban J connectivity index is 2.12. The molecule has 4 heteroatoms. The Labute approximate surface area is 93.7 Å². The van der Waals surface area contributed by atoms with Crippen LogP contribution < -0.4 is 4.90 Å². The van der Waals surface area contributed by atoms with Gasteiger partial charge in [0, 0.05) is 13.1 Å². The van der Waals surface area contributed by atoms with Gasteiger partial charge < -0.3 is 9.64 Å². The minimum absolute atomic E-state index is 0.260. The molecule has 0 amide bonds. The number of carbonyl (C=O) groups is 1. The molecule has 1 aliphatic rings. The predicted molar refractivity (Wildman–Crippen MR) is 61.9 cm³/mol. The van der Waals surface area contributed by atoms with Crippen molar-refractivity contribution < 1.29 is 9.53 Å². The van der Waals surface area contributed by atoms with Gasteiger partial charge in [0.05, 0.1) is 22.1 Å². The number of nitrogens with zero attached hydrogens (tertiary/aromatic N) is 1. The summed E-state index contributed by atoms with van der Waals surface area (Å²) >= 11 is 1.55. The maximum Gasteiger partial charge on any atom is 0.160 e. The highest BCUT2D eigenvalue weighted by Crippen LogP contribution is 2.27. The van der Waals surface area contributed by atoms with Gasteiger partial charge in [-0.05, 0) is 26.0 Å². The topological polar surface area (TPSA) is 29.5 Å². The number of hydrogen-bond donors (Lipinski definition) is 0. The van der Waals surface area contributed by atoms with Crippen molar-refractivity contribution >= 4 is 22.6 Å². The van der Waals surface area contributed by atoms with Crippen LogP contribution in [0, 0.1) is 0 Å². The molecule has 1 aromatic heterocycles. The van der Waals surface area contributed by atoms with E-state index in [4.69, 9.17) is 4.74 Å². The van der Waals surface area contributed by atoms with E-state index in [9.17, 15) is 4.79 Å². The van der Waals surface area contributed by atoms with E-state index in [2.05, 4.69) is 18.7 Å². The van der Waals surface area contributed by atoms with Crippen LogP contribution >= 0.6 is 11.3 Å². The highest BCUT2D eigenvalue weighted by molar-refractivity contribution is 7.17. The van der Waals surface area contributed by atoms with Gasteiger partial charge in [0.2, 0.25) is 0 Å². The highest BCUT2D eigenvalue weighted by atomic mass is 32.1. The van der Waals surface area contributed by atoms with Crippen molar-refractivity contribution in [3.63, 3.8) is 0 Å². The summed E-state index contributed by atoms with van der Waals surface area (Å²) in [7, 11) is 0. The zero-order chi connectivity index (χ0) is 10.8. The van der Waals surface area contributed by atoms with Gasteiger partial charge >= 0.3 is 0 Å². The lowest BCUT2D eigenvalue weighted by Crippen LogP contribution is -2.45.